The third-order valence-corrected chi connectivity index (χ3v) is 14.5. The zero-order chi connectivity index (χ0) is 52.9. The van der Waals surface area contributed by atoms with E-state index in [1.165, 1.54) is 26.6 Å². The number of aromatic nitrogens is 1. The van der Waals surface area contributed by atoms with Gasteiger partial charge >= 0.3 is 7.82 Å². The monoisotopic (exact) mass is 1010 g/mol. The fourth-order valence-corrected chi connectivity index (χ4v) is 9.64. The molecule has 1 aromatic rings. The maximum absolute atomic E-state index is 12.6. The number of aliphatic hydroxyl groups is 5. The Labute approximate surface area is 414 Å². The van der Waals surface area contributed by atoms with E-state index in [0.29, 0.717) is 18.0 Å². The fraction of sp³-hybridized carbons (Fsp3) is 0.700. The number of oxazole rings is 1. The topological polar surface area (TPSA) is 287 Å². The molecule has 0 radical (unpaired) electrons. The van der Waals surface area contributed by atoms with Crippen LogP contribution in [0, 0.1) is 34.5 Å². The van der Waals surface area contributed by atoms with Gasteiger partial charge in [-0.3, -0.25) is 9.32 Å². The van der Waals surface area contributed by atoms with Crippen LogP contribution in [-0.2, 0) is 32.8 Å². The number of likely N-dealkylation sites (N-methyl/N-ethyl adjacent to an activating group) is 1. The molecule has 8 N–H and O–H groups in total. The molecule has 2 aliphatic heterocycles. The first kappa shape index (κ1) is 60.9. The van der Waals surface area contributed by atoms with Crippen LogP contribution >= 0.6 is 7.82 Å². The van der Waals surface area contributed by atoms with E-state index in [2.05, 4.69) is 10.3 Å². The number of ether oxygens (including phenoxy) is 4. The molecule has 0 aliphatic carbocycles. The van der Waals surface area contributed by atoms with Crippen molar-refractivity contribution in [1.82, 2.24) is 15.2 Å². The van der Waals surface area contributed by atoms with Crippen molar-refractivity contribution in [2.75, 3.05) is 41.5 Å². The molecule has 70 heavy (non-hydrogen) atoms. The summed E-state index contributed by atoms with van der Waals surface area (Å²) in [5, 5.41) is 67.1. The fourth-order valence-electron chi connectivity index (χ4n) is 8.96. The van der Waals surface area contributed by atoms with Gasteiger partial charge in [0.15, 0.2) is 17.8 Å². The second-order valence-electron chi connectivity index (χ2n) is 19.9. The Morgan fingerprint density at radius 1 is 1.09 bits per heavy atom. The van der Waals surface area contributed by atoms with Crippen molar-refractivity contribution in [2.24, 2.45) is 23.2 Å². The second kappa shape index (κ2) is 27.0. The lowest BCUT2D eigenvalue weighted by Crippen LogP contribution is -2.58. The van der Waals surface area contributed by atoms with E-state index in [0.717, 1.165) is 16.7 Å². The quantitative estimate of drug-likeness (QED) is 0.0355. The molecule has 396 valence electrons. The lowest BCUT2D eigenvalue weighted by Gasteiger charge is -2.50. The minimum Gasteiger partial charge on any atom is -0.448 e. The third kappa shape index (κ3) is 16.3. The smallest absolute Gasteiger partial charge is 0.448 e. The number of aliphatic hydroxyl groups excluding tert-OH is 5. The van der Waals surface area contributed by atoms with Crippen molar-refractivity contribution < 1.29 is 72.6 Å². The summed E-state index contributed by atoms with van der Waals surface area (Å²) in [5.41, 5.74) is 1.87. The number of rotatable bonds is 26. The molecule has 2 fully saturated rings. The Morgan fingerprint density at radius 2 is 1.76 bits per heavy atom. The molecule has 2 saturated heterocycles. The highest BCUT2D eigenvalue weighted by Gasteiger charge is 2.68. The van der Waals surface area contributed by atoms with Gasteiger partial charge < -0.3 is 68.9 Å². The number of carbonyl (C=O) groups excluding carboxylic acids is 1. The molecule has 0 aromatic carbocycles. The molecule has 2 aliphatic rings. The summed E-state index contributed by atoms with van der Waals surface area (Å²) < 4.78 is 48.2. The standard InChI is InChI=1S/C50H81N4O15P/c1-29(20-22-51)16-14-17-30(2)32(4)24-33(5)42(57)35(7)38(55)25-41(65-13)45-46(69-70(61,62)63)49(8,9)50(68-45)26-39(56)34(6)40(67-50)19-15-18-36-27-66-48(53-36)31(3)21-23-52-47(60)44(59)43(58)37(28-64-12)54(10)11/h14-18,20,24,27,31,33-35,37-46,55-59H,19,21,23,25-26,28H2,1-13H3,(H,52,60)(H2,61,62,63)/b16-14+,18-15+,29-20-,30-17-,32-24+/t31-,33+,34-,35-,37-,38-,39+,40-,41-,42+,43-,44-,45+,46-,50+/m1/s1. The minimum atomic E-state index is -5.15. The van der Waals surface area contributed by atoms with Crippen LogP contribution in [0.3, 0.4) is 0 Å². The molecule has 0 saturated carbocycles. The highest BCUT2D eigenvalue weighted by atomic mass is 31.2. The number of allylic oxidation sites excluding steroid dienone is 7. The van der Waals surface area contributed by atoms with Crippen LogP contribution in [0.25, 0.3) is 6.08 Å². The van der Waals surface area contributed by atoms with E-state index in [1.54, 1.807) is 45.8 Å². The molecule has 1 spiro atoms. The molecule has 0 unspecified atom stereocenters. The summed E-state index contributed by atoms with van der Waals surface area (Å²) in [6.45, 7) is 16.6. The lowest BCUT2D eigenvalue weighted by molar-refractivity contribution is -0.334. The molecular weight excluding hydrogens is 928 g/mol. The summed E-state index contributed by atoms with van der Waals surface area (Å²) >= 11 is 0. The van der Waals surface area contributed by atoms with Crippen molar-refractivity contribution in [2.45, 2.75) is 161 Å². The molecule has 20 heteroatoms. The SMILES string of the molecule is COC[C@H]([C@@H](O)[C@@H](O)C(=O)NCC[C@@H](C)c1nc(/C=C/C[C@H]2O[C@@]3(C[C@H](O)[C@H]2C)O[C@@H]([C@@H](C[C@@H](O)[C@@H](C)[C@@H](O)[C@@H](C)/C=C(C)/C(C)=C\C=C\C(C)=C/C#N)OC)[C@@H](OP(=O)(O)O)C3(C)C)co1)N(C)C. The van der Waals surface area contributed by atoms with E-state index in [4.69, 9.17) is 33.2 Å². The van der Waals surface area contributed by atoms with Gasteiger partial charge in [-0.25, -0.2) is 9.55 Å². The molecule has 3 rings (SSSR count). The molecule has 19 nitrogen and oxygen atoms in total. The van der Waals surface area contributed by atoms with Crippen molar-refractivity contribution in [3.8, 4) is 6.07 Å². The van der Waals surface area contributed by atoms with Crippen LogP contribution in [0.4, 0.5) is 0 Å². The number of hydrogen-bond acceptors (Lipinski definition) is 16. The average molecular weight is 1010 g/mol. The van der Waals surface area contributed by atoms with Crippen LogP contribution < -0.4 is 5.32 Å². The van der Waals surface area contributed by atoms with E-state index in [-0.39, 0.29) is 44.2 Å². The molecular formula is C50H81N4O15P. The van der Waals surface area contributed by atoms with Gasteiger partial charge in [-0.1, -0.05) is 77.5 Å². The lowest BCUT2D eigenvalue weighted by atomic mass is 9.72. The van der Waals surface area contributed by atoms with Crippen LogP contribution in [0.2, 0.25) is 0 Å². The van der Waals surface area contributed by atoms with E-state index < -0.39 is 97.7 Å². The van der Waals surface area contributed by atoms with Gasteiger partial charge in [0, 0.05) is 68.8 Å². The van der Waals surface area contributed by atoms with E-state index >= 15 is 0 Å². The van der Waals surface area contributed by atoms with Crippen molar-refractivity contribution in [3.63, 3.8) is 0 Å². The summed E-state index contributed by atoms with van der Waals surface area (Å²) in [6, 6.07) is 1.40. The zero-order valence-corrected chi connectivity index (χ0v) is 44.0. The Bertz CT molecular complexity index is 2080. The first-order chi connectivity index (χ1) is 32.6. The van der Waals surface area contributed by atoms with Gasteiger partial charge in [0.1, 0.15) is 30.3 Å². The average Bonchev–Trinajstić information content (AvgIpc) is 3.84. The predicted octanol–water partition coefficient (Wildman–Crippen LogP) is 4.69. The normalized spacial score (nSPS) is 27.6. The van der Waals surface area contributed by atoms with Crippen LogP contribution in [-0.4, -0.2) is 159 Å². The maximum Gasteiger partial charge on any atom is 0.469 e. The number of hydrogen-bond donors (Lipinski definition) is 8. The van der Waals surface area contributed by atoms with Gasteiger partial charge in [-0.2, -0.15) is 5.26 Å². The Kier molecular flexibility index (Phi) is 23.5. The largest absolute Gasteiger partial charge is 0.469 e. The molecule has 3 heterocycles. The first-order valence-corrected chi connectivity index (χ1v) is 25.4. The summed E-state index contributed by atoms with van der Waals surface area (Å²) in [4.78, 5) is 39.2. The zero-order valence-electron chi connectivity index (χ0n) is 43.1. The number of nitrogens with zero attached hydrogens (tertiary/aromatic N) is 3. The number of amides is 1. The molecule has 1 aromatic heterocycles. The number of nitrogens with one attached hydrogen (secondary N) is 1. The number of nitriles is 1. The minimum absolute atomic E-state index is 0.0645. The highest BCUT2D eigenvalue weighted by Crippen LogP contribution is 2.59. The summed E-state index contributed by atoms with van der Waals surface area (Å²) in [6.07, 6.45) is 4.10. The highest BCUT2D eigenvalue weighted by molar-refractivity contribution is 7.46. The van der Waals surface area contributed by atoms with Gasteiger partial charge in [-0.05, 0) is 64.9 Å². The molecule has 0 bridgehead atoms. The number of phosphoric ester groups is 1. The number of phosphoric acid groups is 1. The Morgan fingerprint density at radius 3 is 2.36 bits per heavy atom. The third-order valence-electron chi connectivity index (χ3n) is 14.0. The van der Waals surface area contributed by atoms with Crippen LogP contribution in [0.15, 0.2) is 63.9 Å². The molecule has 15 atom stereocenters. The van der Waals surface area contributed by atoms with Crippen LogP contribution in [0.1, 0.15) is 105 Å². The maximum atomic E-state index is 12.6. The van der Waals surface area contributed by atoms with Gasteiger partial charge in [0.25, 0.3) is 5.91 Å². The van der Waals surface area contributed by atoms with E-state index in [1.807, 2.05) is 78.0 Å². The van der Waals surface area contributed by atoms with E-state index in [9.17, 15) is 44.7 Å². The summed E-state index contributed by atoms with van der Waals surface area (Å²) in [7, 11) is 1.12. The number of carbonyl (C=O) groups is 1. The first-order valence-electron chi connectivity index (χ1n) is 23.8. The van der Waals surface area contributed by atoms with Crippen molar-refractivity contribution >= 4 is 19.8 Å². The van der Waals surface area contributed by atoms with Crippen molar-refractivity contribution in [3.05, 3.63) is 71.0 Å². The number of methoxy groups -OCH3 is 2. The van der Waals surface area contributed by atoms with Gasteiger partial charge in [0.2, 0.25) is 0 Å². The van der Waals surface area contributed by atoms with Gasteiger partial charge in [0.05, 0.1) is 49.2 Å². The second-order valence-corrected chi connectivity index (χ2v) is 21.1. The van der Waals surface area contributed by atoms with Crippen LogP contribution in [0.5, 0.6) is 0 Å². The Hall–Kier alpha value is -3.42. The predicted molar refractivity (Wildman–Crippen MR) is 262 cm³/mol. The van der Waals surface area contributed by atoms with Crippen molar-refractivity contribution in [1.29, 1.82) is 5.26 Å². The summed E-state index contributed by atoms with van der Waals surface area (Å²) in [5.74, 6) is -3.63. The Balaban J connectivity index is 1.74. The molecule has 1 amide bonds. The van der Waals surface area contributed by atoms with Gasteiger partial charge in [-0.15, -0.1) is 0 Å².